The summed E-state index contributed by atoms with van der Waals surface area (Å²) in [5.41, 5.74) is 0. The summed E-state index contributed by atoms with van der Waals surface area (Å²) in [5.74, 6) is 0.235. The van der Waals surface area contributed by atoms with Crippen LogP contribution in [0.5, 0.6) is 0 Å². The van der Waals surface area contributed by atoms with Gasteiger partial charge in [-0.3, -0.25) is 9.69 Å². The van der Waals surface area contributed by atoms with E-state index in [2.05, 4.69) is 17.9 Å². The molecule has 0 bridgehead atoms. The van der Waals surface area contributed by atoms with Gasteiger partial charge in [-0.15, -0.1) is 0 Å². The van der Waals surface area contributed by atoms with Gasteiger partial charge in [0.25, 0.3) is 0 Å². The highest BCUT2D eigenvalue weighted by Gasteiger charge is 2.32. The number of likely N-dealkylation sites (N-methyl/N-ethyl adjacent to an activating group) is 1. The van der Waals surface area contributed by atoms with Crippen LogP contribution in [0, 0.1) is 17.2 Å². The highest BCUT2D eigenvalue weighted by molar-refractivity contribution is 5.77. The van der Waals surface area contributed by atoms with Crippen LogP contribution in [-0.4, -0.2) is 48.9 Å². The van der Waals surface area contributed by atoms with Crippen molar-refractivity contribution in [2.75, 3.05) is 27.2 Å². The third-order valence-corrected chi connectivity index (χ3v) is 3.46. The first-order valence-corrected chi connectivity index (χ1v) is 6.44. The Morgan fingerprint density at radius 3 is 2.65 bits per heavy atom. The number of nitrogens with zero attached hydrogens (tertiary/aromatic N) is 3. The van der Waals surface area contributed by atoms with E-state index < -0.39 is 0 Å². The molecule has 1 aliphatic rings. The predicted molar refractivity (Wildman–Crippen MR) is 67.3 cm³/mol. The Balaban J connectivity index is 2.65. The van der Waals surface area contributed by atoms with Gasteiger partial charge in [-0.2, -0.15) is 5.26 Å². The minimum Gasteiger partial charge on any atom is -0.348 e. The van der Waals surface area contributed by atoms with Crippen LogP contribution in [0.1, 0.15) is 32.6 Å². The standard InChI is InChI=1S/C13H23N3O/c1-4-8-16(10-13(17)15(2)3)12-7-5-6-11(12)9-14/h11-12H,4-8,10H2,1-3H3. The van der Waals surface area contributed by atoms with E-state index in [4.69, 9.17) is 5.26 Å². The number of hydrogen-bond donors (Lipinski definition) is 0. The van der Waals surface area contributed by atoms with E-state index in [-0.39, 0.29) is 17.9 Å². The Kier molecular flexibility index (Phi) is 5.43. The third kappa shape index (κ3) is 3.71. The molecule has 2 unspecified atom stereocenters. The van der Waals surface area contributed by atoms with Crippen LogP contribution in [0.25, 0.3) is 0 Å². The topological polar surface area (TPSA) is 47.3 Å². The van der Waals surface area contributed by atoms with Crippen molar-refractivity contribution in [1.29, 1.82) is 5.26 Å². The number of carbonyl (C=O) groups excluding carboxylic acids is 1. The van der Waals surface area contributed by atoms with Crippen molar-refractivity contribution in [3.8, 4) is 6.07 Å². The maximum absolute atomic E-state index is 11.8. The monoisotopic (exact) mass is 237 g/mol. The van der Waals surface area contributed by atoms with Crippen LogP contribution < -0.4 is 0 Å². The third-order valence-electron chi connectivity index (χ3n) is 3.46. The minimum atomic E-state index is 0.108. The van der Waals surface area contributed by atoms with Gasteiger partial charge in [0.15, 0.2) is 0 Å². The SMILES string of the molecule is CCCN(CC(=O)N(C)C)C1CCCC1C#N. The zero-order chi connectivity index (χ0) is 12.8. The summed E-state index contributed by atoms with van der Waals surface area (Å²) < 4.78 is 0. The summed E-state index contributed by atoms with van der Waals surface area (Å²) in [6.07, 6.45) is 4.17. The fraction of sp³-hybridized carbons (Fsp3) is 0.846. The van der Waals surface area contributed by atoms with E-state index in [0.29, 0.717) is 6.54 Å². The molecule has 0 heterocycles. The first-order chi connectivity index (χ1) is 8.10. The highest BCUT2D eigenvalue weighted by atomic mass is 16.2. The number of rotatable bonds is 5. The molecule has 0 spiro atoms. The first kappa shape index (κ1) is 14.0. The van der Waals surface area contributed by atoms with Gasteiger partial charge in [0.05, 0.1) is 18.5 Å². The second kappa shape index (κ2) is 6.61. The first-order valence-electron chi connectivity index (χ1n) is 6.44. The van der Waals surface area contributed by atoms with Gasteiger partial charge in [0.2, 0.25) is 5.91 Å². The average molecular weight is 237 g/mol. The summed E-state index contributed by atoms with van der Waals surface area (Å²) in [6, 6.07) is 2.67. The van der Waals surface area contributed by atoms with Crippen LogP contribution in [0.2, 0.25) is 0 Å². The molecule has 0 N–H and O–H groups in total. The molecule has 0 aromatic heterocycles. The Labute approximate surface area is 104 Å². The van der Waals surface area contributed by atoms with Crippen molar-refractivity contribution in [2.45, 2.75) is 38.6 Å². The molecule has 4 nitrogen and oxygen atoms in total. The van der Waals surface area contributed by atoms with Crippen LogP contribution in [0.15, 0.2) is 0 Å². The molecule has 0 saturated heterocycles. The number of carbonyl (C=O) groups is 1. The molecule has 17 heavy (non-hydrogen) atoms. The van der Waals surface area contributed by atoms with Crippen LogP contribution in [0.4, 0.5) is 0 Å². The summed E-state index contributed by atoms with van der Waals surface area (Å²) in [5, 5.41) is 9.12. The number of amides is 1. The summed E-state index contributed by atoms with van der Waals surface area (Å²) in [4.78, 5) is 15.6. The lowest BCUT2D eigenvalue weighted by molar-refractivity contribution is -0.130. The molecule has 1 rings (SSSR count). The van der Waals surface area contributed by atoms with Crippen molar-refractivity contribution >= 4 is 5.91 Å². The van der Waals surface area contributed by atoms with E-state index in [9.17, 15) is 4.79 Å². The van der Waals surface area contributed by atoms with Crippen molar-refractivity contribution in [2.24, 2.45) is 5.92 Å². The Morgan fingerprint density at radius 1 is 1.41 bits per heavy atom. The van der Waals surface area contributed by atoms with Gasteiger partial charge in [-0.25, -0.2) is 0 Å². The molecule has 1 amide bonds. The van der Waals surface area contributed by atoms with Crippen molar-refractivity contribution in [3.63, 3.8) is 0 Å². The van der Waals surface area contributed by atoms with Crippen molar-refractivity contribution < 1.29 is 4.79 Å². The van der Waals surface area contributed by atoms with Crippen LogP contribution >= 0.6 is 0 Å². The van der Waals surface area contributed by atoms with Gasteiger partial charge in [-0.1, -0.05) is 13.3 Å². The molecule has 96 valence electrons. The molecule has 1 fully saturated rings. The second-order valence-electron chi connectivity index (χ2n) is 4.99. The molecule has 1 saturated carbocycles. The maximum atomic E-state index is 11.8. The van der Waals surface area contributed by atoms with Crippen molar-refractivity contribution in [1.82, 2.24) is 9.80 Å². The molecular weight excluding hydrogens is 214 g/mol. The zero-order valence-corrected chi connectivity index (χ0v) is 11.1. The van der Waals surface area contributed by atoms with Crippen molar-refractivity contribution in [3.05, 3.63) is 0 Å². The summed E-state index contributed by atoms with van der Waals surface area (Å²) in [6.45, 7) is 3.47. The predicted octanol–water partition coefficient (Wildman–Crippen LogP) is 1.48. The Hall–Kier alpha value is -1.08. The summed E-state index contributed by atoms with van der Waals surface area (Å²) in [7, 11) is 3.56. The van der Waals surface area contributed by atoms with Gasteiger partial charge in [0, 0.05) is 20.1 Å². The van der Waals surface area contributed by atoms with Gasteiger partial charge < -0.3 is 4.90 Å². The lowest BCUT2D eigenvalue weighted by Crippen LogP contribution is -2.44. The number of hydrogen-bond acceptors (Lipinski definition) is 3. The lowest BCUT2D eigenvalue weighted by atomic mass is 10.0. The van der Waals surface area contributed by atoms with E-state index in [1.165, 1.54) is 0 Å². The van der Waals surface area contributed by atoms with Gasteiger partial charge >= 0.3 is 0 Å². The Bertz CT molecular complexity index is 296. The van der Waals surface area contributed by atoms with E-state index in [1.54, 1.807) is 19.0 Å². The van der Waals surface area contributed by atoms with E-state index >= 15 is 0 Å². The number of nitriles is 1. The quantitative estimate of drug-likeness (QED) is 0.727. The molecule has 4 heteroatoms. The molecule has 2 atom stereocenters. The summed E-state index contributed by atoms with van der Waals surface area (Å²) >= 11 is 0. The average Bonchev–Trinajstić information content (AvgIpc) is 2.76. The zero-order valence-electron chi connectivity index (χ0n) is 11.1. The van der Waals surface area contributed by atoms with Gasteiger partial charge in [0.1, 0.15) is 0 Å². The van der Waals surface area contributed by atoms with E-state index in [0.717, 1.165) is 32.2 Å². The van der Waals surface area contributed by atoms with Crippen LogP contribution in [0.3, 0.4) is 0 Å². The fourth-order valence-electron chi connectivity index (χ4n) is 2.49. The molecule has 0 aliphatic heterocycles. The molecular formula is C13H23N3O. The smallest absolute Gasteiger partial charge is 0.236 e. The minimum absolute atomic E-state index is 0.108. The molecule has 1 aliphatic carbocycles. The molecule has 0 aromatic rings. The molecule has 0 radical (unpaired) electrons. The maximum Gasteiger partial charge on any atom is 0.236 e. The van der Waals surface area contributed by atoms with E-state index in [1.807, 2.05) is 0 Å². The highest BCUT2D eigenvalue weighted by Crippen LogP contribution is 2.29. The largest absolute Gasteiger partial charge is 0.348 e. The van der Waals surface area contributed by atoms with Gasteiger partial charge in [-0.05, 0) is 25.8 Å². The fourth-order valence-corrected chi connectivity index (χ4v) is 2.49. The van der Waals surface area contributed by atoms with Crippen LogP contribution in [-0.2, 0) is 4.79 Å². The normalized spacial score (nSPS) is 23.7. The second-order valence-corrected chi connectivity index (χ2v) is 4.99. The molecule has 0 aromatic carbocycles. The Morgan fingerprint density at radius 2 is 2.12 bits per heavy atom. The lowest BCUT2D eigenvalue weighted by Gasteiger charge is -2.30.